The van der Waals surface area contributed by atoms with Crippen LogP contribution in [0.25, 0.3) is 0 Å². The smallest absolute Gasteiger partial charge is 0.257 e. The van der Waals surface area contributed by atoms with Crippen molar-refractivity contribution < 1.29 is 18.7 Å². The van der Waals surface area contributed by atoms with E-state index in [4.69, 9.17) is 9.47 Å². The molecule has 0 radical (unpaired) electrons. The third-order valence-electron chi connectivity index (χ3n) is 4.48. The molecule has 1 aliphatic heterocycles. The van der Waals surface area contributed by atoms with E-state index in [1.807, 2.05) is 13.0 Å². The maximum Gasteiger partial charge on any atom is 0.257 e. The Hall–Kier alpha value is -2.67. The molecule has 7 heteroatoms. The van der Waals surface area contributed by atoms with Crippen LogP contribution in [0.2, 0.25) is 0 Å². The van der Waals surface area contributed by atoms with Gasteiger partial charge in [-0.15, -0.1) is 0 Å². The number of halogens is 1. The fraction of sp³-hybridized carbons (Fsp3) is 0.400. The Kier molecular flexibility index (Phi) is 6.24. The van der Waals surface area contributed by atoms with E-state index in [9.17, 15) is 9.18 Å². The summed E-state index contributed by atoms with van der Waals surface area (Å²) < 4.78 is 24.2. The zero-order valence-electron chi connectivity index (χ0n) is 15.6. The largest absolute Gasteiger partial charge is 0.480 e. The van der Waals surface area contributed by atoms with E-state index >= 15 is 0 Å². The molecule has 0 bridgehead atoms. The number of methoxy groups -OCH3 is 1. The topological polar surface area (TPSA) is 63.7 Å². The van der Waals surface area contributed by atoms with Gasteiger partial charge in [0.15, 0.2) is 0 Å². The molecular weight excluding hydrogens is 349 g/mol. The lowest BCUT2D eigenvalue weighted by molar-refractivity contribution is 0.0946. The van der Waals surface area contributed by atoms with Crippen molar-refractivity contribution in [1.82, 2.24) is 10.3 Å². The van der Waals surface area contributed by atoms with Crippen molar-refractivity contribution in [3.8, 4) is 5.88 Å². The number of hydrogen-bond donors (Lipinski definition) is 1. The fourth-order valence-electron chi connectivity index (χ4n) is 3.11. The first-order valence-electron chi connectivity index (χ1n) is 8.99. The predicted octanol–water partition coefficient (Wildman–Crippen LogP) is 2.69. The van der Waals surface area contributed by atoms with Gasteiger partial charge in [-0.3, -0.25) is 4.79 Å². The van der Waals surface area contributed by atoms with Gasteiger partial charge in [0.25, 0.3) is 5.91 Å². The van der Waals surface area contributed by atoms with Crippen molar-refractivity contribution in [2.24, 2.45) is 0 Å². The highest BCUT2D eigenvalue weighted by atomic mass is 19.1. The average Bonchev–Trinajstić information content (AvgIpc) is 2.95. The molecule has 1 aromatic carbocycles. The van der Waals surface area contributed by atoms with Crippen LogP contribution < -0.4 is 15.0 Å². The lowest BCUT2D eigenvalue weighted by Gasteiger charge is -2.23. The van der Waals surface area contributed by atoms with Crippen molar-refractivity contribution in [2.45, 2.75) is 19.9 Å². The van der Waals surface area contributed by atoms with Crippen LogP contribution in [0.15, 0.2) is 30.3 Å². The third-order valence-corrected chi connectivity index (χ3v) is 4.48. The SMILES string of the molecule is COc1nc(N2CCCOCC2)cc(C)c1C(=O)NCc1cccc(F)c1. The van der Waals surface area contributed by atoms with Gasteiger partial charge in [0, 0.05) is 26.2 Å². The van der Waals surface area contributed by atoms with Gasteiger partial charge in [0.05, 0.1) is 13.7 Å². The van der Waals surface area contributed by atoms with Gasteiger partial charge >= 0.3 is 0 Å². The molecule has 1 N–H and O–H groups in total. The molecule has 0 aliphatic carbocycles. The highest BCUT2D eigenvalue weighted by Crippen LogP contribution is 2.26. The lowest BCUT2D eigenvalue weighted by atomic mass is 10.1. The summed E-state index contributed by atoms with van der Waals surface area (Å²) in [5, 5.41) is 2.81. The van der Waals surface area contributed by atoms with Crippen LogP contribution in [0.1, 0.15) is 27.9 Å². The summed E-state index contributed by atoms with van der Waals surface area (Å²) in [7, 11) is 1.50. The molecule has 27 heavy (non-hydrogen) atoms. The Bertz CT molecular complexity index is 805. The van der Waals surface area contributed by atoms with E-state index in [0.29, 0.717) is 17.7 Å². The number of aryl methyl sites for hydroxylation is 1. The average molecular weight is 373 g/mol. The Balaban J connectivity index is 1.78. The molecule has 1 fully saturated rings. The van der Waals surface area contributed by atoms with Crippen LogP contribution in [0.5, 0.6) is 5.88 Å². The fourth-order valence-corrected chi connectivity index (χ4v) is 3.11. The number of nitrogens with zero attached hydrogens (tertiary/aromatic N) is 2. The molecule has 0 unspecified atom stereocenters. The third kappa shape index (κ3) is 4.74. The molecule has 144 valence electrons. The Morgan fingerprint density at radius 1 is 1.33 bits per heavy atom. The van der Waals surface area contributed by atoms with Crippen LogP contribution in [-0.2, 0) is 11.3 Å². The quantitative estimate of drug-likeness (QED) is 0.873. The molecule has 0 spiro atoms. The second-order valence-corrected chi connectivity index (χ2v) is 6.45. The number of rotatable bonds is 5. The number of ether oxygens (including phenoxy) is 2. The second-order valence-electron chi connectivity index (χ2n) is 6.45. The van der Waals surface area contributed by atoms with Gasteiger partial charge < -0.3 is 19.7 Å². The molecule has 2 heterocycles. The zero-order valence-corrected chi connectivity index (χ0v) is 15.6. The van der Waals surface area contributed by atoms with Gasteiger partial charge in [-0.05, 0) is 42.7 Å². The number of carbonyl (C=O) groups excluding carboxylic acids is 1. The van der Waals surface area contributed by atoms with Crippen LogP contribution in [0, 0.1) is 12.7 Å². The van der Waals surface area contributed by atoms with Crippen molar-refractivity contribution in [1.29, 1.82) is 0 Å². The standard InChI is InChI=1S/C20H24FN3O3/c1-14-11-17(24-7-4-9-27-10-8-24)23-20(26-2)18(14)19(25)22-13-15-5-3-6-16(21)12-15/h3,5-6,11-12H,4,7-10,13H2,1-2H3,(H,22,25). The van der Waals surface area contributed by atoms with E-state index in [1.165, 1.54) is 19.2 Å². The molecule has 1 aliphatic rings. The van der Waals surface area contributed by atoms with Crippen LogP contribution in [-0.4, -0.2) is 44.3 Å². The minimum absolute atomic E-state index is 0.227. The molecular formula is C20H24FN3O3. The van der Waals surface area contributed by atoms with Crippen LogP contribution in [0.3, 0.4) is 0 Å². The zero-order chi connectivity index (χ0) is 19.2. The van der Waals surface area contributed by atoms with Crippen molar-refractivity contribution in [2.75, 3.05) is 38.3 Å². The van der Waals surface area contributed by atoms with Crippen molar-refractivity contribution in [3.05, 3.63) is 52.8 Å². The summed E-state index contributed by atoms with van der Waals surface area (Å²) in [5.74, 6) is 0.429. The first kappa shape index (κ1) is 19.1. The molecule has 2 aromatic rings. The number of anilines is 1. The molecule has 0 saturated carbocycles. The summed E-state index contributed by atoms with van der Waals surface area (Å²) in [6, 6.07) is 8.03. The molecule has 1 amide bonds. The van der Waals surface area contributed by atoms with E-state index in [0.717, 1.165) is 37.5 Å². The maximum absolute atomic E-state index is 13.3. The van der Waals surface area contributed by atoms with Gasteiger partial charge in [-0.1, -0.05) is 12.1 Å². The second kappa shape index (κ2) is 8.81. The highest BCUT2D eigenvalue weighted by molar-refractivity contribution is 5.98. The Morgan fingerprint density at radius 2 is 2.19 bits per heavy atom. The number of carbonyl (C=O) groups is 1. The summed E-state index contributed by atoms with van der Waals surface area (Å²) in [4.78, 5) is 19.4. The summed E-state index contributed by atoms with van der Waals surface area (Å²) >= 11 is 0. The normalized spacial score (nSPS) is 14.6. The maximum atomic E-state index is 13.3. The van der Waals surface area contributed by atoms with Crippen molar-refractivity contribution >= 4 is 11.7 Å². The van der Waals surface area contributed by atoms with E-state index < -0.39 is 0 Å². The lowest BCUT2D eigenvalue weighted by Crippen LogP contribution is -2.28. The van der Waals surface area contributed by atoms with Crippen LogP contribution >= 0.6 is 0 Å². The number of hydrogen-bond acceptors (Lipinski definition) is 5. The number of amides is 1. The molecule has 0 atom stereocenters. The van der Waals surface area contributed by atoms with Gasteiger partial charge in [-0.25, -0.2) is 4.39 Å². The summed E-state index contributed by atoms with van der Waals surface area (Å²) in [6.07, 6.45) is 0.929. The van der Waals surface area contributed by atoms with E-state index in [-0.39, 0.29) is 24.1 Å². The molecule has 1 aromatic heterocycles. The van der Waals surface area contributed by atoms with Gasteiger partial charge in [0.2, 0.25) is 5.88 Å². The van der Waals surface area contributed by atoms with Crippen LogP contribution in [0.4, 0.5) is 10.2 Å². The first-order chi connectivity index (χ1) is 13.1. The minimum atomic E-state index is -0.331. The monoisotopic (exact) mass is 373 g/mol. The summed E-state index contributed by atoms with van der Waals surface area (Å²) in [5.41, 5.74) is 1.86. The van der Waals surface area contributed by atoms with E-state index in [1.54, 1.807) is 12.1 Å². The Labute approximate surface area is 158 Å². The van der Waals surface area contributed by atoms with E-state index in [2.05, 4.69) is 15.2 Å². The molecule has 6 nitrogen and oxygen atoms in total. The first-order valence-corrected chi connectivity index (χ1v) is 8.99. The summed E-state index contributed by atoms with van der Waals surface area (Å²) in [6.45, 7) is 5.08. The number of nitrogens with one attached hydrogen (secondary N) is 1. The van der Waals surface area contributed by atoms with Gasteiger partial charge in [-0.2, -0.15) is 4.98 Å². The number of aromatic nitrogens is 1. The van der Waals surface area contributed by atoms with Crippen molar-refractivity contribution in [3.63, 3.8) is 0 Å². The Morgan fingerprint density at radius 3 is 2.96 bits per heavy atom. The highest BCUT2D eigenvalue weighted by Gasteiger charge is 2.21. The molecule has 3 rings (SSSR count). The number of benzene rings is 1. The van der Waals surface area contributed by atoms with Gasteiger partial charge in [0.1, 0.15) is 17.2 Å². The minimum Gasteiger partial charge on any atom is -0.480 e. The predicted molar refractivity (Wildman–Crippen MR) is 101 cm³/mol. The molecule has 1 saturated heterocycles. The number of pyridine rings is 1.